The quantitative estimate of drug-likeness (QED) is 0.800. The van der Waals surface area contributed by atoms with Crippen LogP contribution >= 0.6 is 23.1 Å². The standard InChI is InChI=1S/C13H18N4OS2/c1-17(5-6-19-2)8-12(18)16-13-15-10-4-3-9(14)7-11(10)20-13/h3-4,7H,5-6,8,14H2,1-2H3,(H,15,16,18). The first-order valence-corrected chi connectivity index (χ1v) is 8.43. The van der Waals surface area contributed by atoms with E-state index in [9.17, 15) is 4.79 Å². The van der Waals surface area contributed by atoms with Gasteiger partial charge in [-0.25, -0.2) is 4.98 Å². The molecule has 0 atom stereocenters. The Balaban J connectivity index is 1.95. The van der Waals surface area contributed by atoms with Crippen molar-refractivity contribution in [3.8, 4) is 0 Å². The molecule has 2 rings (SSSR count). The number of nitrogens with one attached hydrogen (secondary N) is 1. The number of thiazole rings is 1. The molecule has 1 aromatic heterocycles. The van der Waals surface area contributed by atoms with Crippen molar-refractivity contribution in [2.75, 3.05) is 43.2 Å². The van der Waals surface area contributed by atoms with Gasteiger partial charge in [-0.3, -0.25) is 9.69 Å². The molecule has 0 aliphatic rings. The lowest BCUT2D eigenvalue weighted by atomic mass is 10.3. The van der Waals surface area contributed by atoms with Crippen molar-refractivity contribution in [3.05, 3.63) is 18.2 Å². The number of hydrogen-bond donors (Lipinski definition) is 2. The normalized spacial score (nSPS) is 11.2. The molecule has 3 N–H and O–H groups in total. The van der Waals surface area contributed by atoms with Gasteiger partial charge in [-0.15, -0.1) is 0 Å². The number of hydrogen-bond acceptors (Lipinski definition) is 6. The Morgan fingerprint density at radius 1 is 1.55 bits per heavy atom. The van der Waals surface area contributed by atoms with Crippen molar-refractivity contribution in [2.24, 2.45) is 0 Å². The SMILES string of the molecule is CSCCN(C)CC(=O)Nc1nc2ccc(N)cc2s1. The summed E-state index contributed by atoms with van der Waals surface area (Å²) < 4.78 is 0.982. The van der Waals surface area contributed by atoms with E-state index < -0.39 is 0 Å². The maximum atomic E-state index is 11.9. The topological polar surface area (TPSA) is 71.2 Å². The van der Waals surface area contributed by atoms with Crippen LogP contribution < -0.4 is 11.1 Å². The summed E-state index contributed by atoms with van der Waals surface area (Å²) in [6, 6.07) is 5.54. The average Bonchev–Trinajstić information content (AvgIpc) is 2.77. The van der Waals surface area contributed by atoms with Crippen molar-refractivity contribution in [2.45, 2.75) is 0 Å². The zero-order valence-corrected chi connectivity index (χ0v) is 13.2. The predicted octanol–water partition coefficient (Wildman–Crippen LogP) is 2.11. The molecule has 0 spiro atoms. The van der Waals surface area contributed by atoms with Crippen LogP contribution in [0.5, 0.6) is 0 Å². The zero-order valence-electron chi connectivity index (χ0n) is 11.5. The summed E-state index contributed by atoms with van der Waals surface area (Å²) in [7, 11) is 1.94. The number of nitrogen functional groups attached to an aromatic ring is 1. The smallest absolute Gasteiger partial charge is 0.240 e. The van der Waals surface area contributed by atoms with Gasteiger partial charge in [0.15, 0.2) is 5.13 Å². The lowest BCUT2D eigenvalue weighted by molar-refractivity contribution is -0.117. The molecule has 0 unspecified atom stereocenters. The highest BCUT2D eigenvalue weighted by atomic mass is 32.2. The lowest BCUT2D eigenvalue weighted by Gasteiger charge is -2.14. The summed E-state index contributed by atoms with van der Waals surface area (Å²) in [5.74, 6) is 0.977. The van der Waals surface area contributed by atoms with Crippen LogP contribution in [-0.4, -0.2) is 47.9 Å². The van der Waals surface area contributed by atoms with Crippen LogP contribution in [0.1, 0.15) is 0 Å². The molecular formula is C13H18N4OS2. The number of likely N-dealkylation sites (N-methyl/N-ethyl adjacent to an activating group) is 1. The Hall–Kier alpha value is -1.31. The highest BCUT2D eigenvalue weighted by molar-refractivity contribution is 7.98. The van der Waals surface area contributed by atoms with Crippen LogP contribution in [-0.2, 0) is 4.79 Å². The van der Waals surface area contributed by atoms with Gasteiger partial charge in [0.05, 0.1) is 16.8 Å². The summed E-state index contributed by atoms with van der Waals surface area (Å²) in [6.45, 7) is 1.27. The first-order valence-electron chi connectivity index (χ1n) is 6.22. The minimum absolute atomic E-state index is 0.0411. The number of nitrogens with two attached hydrogens (primary N) is 1. The van der Waals surface area contributed by atoms with Gasteiger partial charge in [-0.2, -0.15) is 11.8 Å². The van der Waals surface area contributed by atoms with E-state index in [4.69, 9.17) is 5.73 Å². The van der Waals surface area contributed by atoms with Crippen LogP contribution in [0, 0.1) is 0 Å². The van der Waals surface area contributed by atoms with E-state index >= 15 is 0 Å². The molecule has 1 heterocycles. The average molecular weight is 310 g/mol. The lowest BCUT2D eigenvalue weighted by Crippen LogP contribution is -2.31. The fourth-order valence-electron chi connectivity index (χ4n) is 1.72. The number of rotatable bonds is 6. The fraction of sp³-hybridized carbons (Fsp3) is 0.385. The monoisotopic (exact) mass is 310 g/mol. The zero-order chi connectivity index (χ0) is 14.5. The van der Waals surface area contributed by atoms with Crippen LogP contribution in [0.25, 0.3) is 10.2 Å². The number of thioether (sulfide) groups is 1. The Morgan fingerprint density at radius 2 is 2.35 bits per heavy atom. The van der Waals surface area contributed by atoms with Crippen molar-refractivity contribution >= 4 is 50.0 Å². The fourth-order valence-corrected chi connectivity index (χ4v) is 3.15. The number of carbonyl (C=O) groups is 1. The summed E-state index contributed by atoms with van der Waals surface area (Å²) in [4.78, 5) is 18.3. The Labute approximate surface area is 126 Å². The number of benzene rings is 1. The molecular weight excluding hydrogens is 292 g/mol. The molecule has 0 bridgehead atoms. The molecule has 0 fully saturated rings. The van der Waals surface area contributed by atoms with Crippen LogP contribution in [0.4, 0.5) is 10.8 Å². The summed E-state index contributed by atoms with van der Waals surface area (Å²) in [5.41, 5.74) is 7.29. The number of fused-ring (bicyclic) bond motifs is 1. The van der Waals surface area contributed by atoms with E-state index in [1.807, 2.05) is 30.1 Å². The molecule has 1 amide bonds. The van der Waals surface area contributed by atoms with Gasteiger partial charge in [0.2, 0.25) is 5.91 Å². The molecule has 0 aliphatic heterocycles. The molecule has 2 aromatic rings. The molecule has 0 saturated heterocycles. The molecule has 5 nitrogen and oxygen atoms in total. The van der Waals surface area contributed by atoms with Gasteiger partial charge < -0.3 is 11.1 Å². The Bertz CT molecular complexity index is 599. The summed E-state index contributed by atoms with van der Waals surface area (Å²) in [5, 5.41) is 3.46. The van der Waals surface area contributed by atoms with E-state index in [-0.39, 0.29) is 5.91 Å². The van der Waals surface area contributed by atoms with Gasteiger partial charge in [0.1, 0.15) is 0 Å². The second-order valence-corrected chi connectivity index (χ2v) is 6.54. The van der Waals surface area contributed by atoms with Crippen LogP contribution in [0.2, 0.25) is 0 Å². The Kier molecular flexibility index (Phi) is 5.22. The Morgan fingerprint density at radius 3 is 3.10 bits per heavy atom. The number of nitrogens with zero attached hydrogens (tertiary/aromatic N) is 2. The minimum Gasteiger partial charge on any atom is -0.399 e. The third-order valence-corrected chi connectivity index (χ3v) is 4.27. The molecule has 0 aliphatic carbocycles. The maximum absolute atomic E-state index is 11.9. The van der Waals surface area contributed by atoms with Gasteiger partial charge in [-0.05, 0) is 31.5 Å². The predicted molar refractivity (Wildman–Crippen MR) is 88.5 cm³/mol. The number of carbonyl (C=O) groups excluding carboxylic acids is 1. The van der Waals surface area contributed by atoms with E-state index in [2.05, 4.69) is 16.6 Å². The van der Waals surface area contributed by atoms with Crippen molar-refractivity contribution < 1.29 is 4.79 Å². The van der Waals surface area contributed by atoms with E-state index in [1.165, 1.54) is 11.3 Å². The van der Waals surface area contributed by atoms with Crippen molar-refractivity contribution in [1.29, 1.82) is 0 Å². The van der Waals surface area contributed by atoms with Crippen molar-refractivity contribution in [3.63, 3.8) is 0 Å². The van der Waals surface area contributed by atoms with Gasteiger partial charge >= 0.3 is 0 Å². The minimum atomic E-state index is -0.0411. The molecule has 0 radical (unpaired) electrons. The van der Waals surface area contributed by atoms with Crippen LogP contribution in [0.15, 0.2) is 18.2 Å². The van der Waals surface area contributed by atoms with E-state index in [0.717, 1.165) is 22.5 Å². The molecule has 20 heavy (non-hydrogen) atoms. The highest BCUT2D eigenvalue weighted by Crippen LogP contribution is 2.27. The van der Waals surface area contributed by atoms with Crippen LogP contribution in [0.3, 0.4) is 0 Å². The number of aromatic nitrogens is 1. The first-order chi connectivity index (χ1) is 9.58. The van der Waals surface area contributed by atoms with E-state index in [1.54, 1.807) is 11.8 Å². The molecule has 108 valence electrons. The maximum Gasteiger partial charge on any atom is 0.240 e. The van der Waals surface area contributed by atoms with Gasteiger partial charge in [0, 0.05) is 18.0 Å². The van der Waals surface area contributed by atoms with Crippen molar-refractivity contribution in [1.82, 2.24) is 9.88 Å². The molecule has 1 aromatic carbocycles. The third kappa shape index (κ3) is 4.09. The molecule has 7 heteroatoms. The third-order valence-electron chi connectivity index (χ3n) is 2.75. The summed E-state index contributed by atoms with van der Waals surface area (Å²) in [6.07, 6.45) is 2.06. The van der Waals surface area contributed by atoms with Gasteiger partial charge in [-0.1, -0.05) is 11.3 Å². The highest BCUT2D eigenvalue weighted by Gasteiger charge is 2.10. The number of amides is 1. The van der Waals surface area contributed by atoms with E-state index in [0.29, 0.717) is 17.4 Å². The largest absolute Gasteiger partial charge is 0.399 e. The second-order valence-electron chi connectivity index (χ2n) is 4.52. The van der Waals surface area contributed by atoms with Gasteiger partial charge in [0.25, 0.3) is 0 Å². The number of anilines is 2. The first kappa shape index (κ1) is 15.1. The summed E-state index contributed by atoms with van der Waals surface area (Å²) >= 11 is 3.21. The second kappa shape index (κ2) is 6.92. The molecule has 0 saturated carbocycles.